The van der Waals surface area contributed by atoms with E-state index in [1.165, 1.54) is 0 Å². The predicted octanol–water partition coefficient (Wildman–Crippen LogP) is 1.82. The van der Waals surface area contributed by atoms with Gasteiger partial charge in [-0.3, -0.25) is 0 Å². The summed E-state index contributed by atoms with van der Waals surface area (Å²) in [6.45, 7) is 9.95. The van der Waals surface area contributed by atoms with Crippen molar-refractivity contribution in [1.29, 1.82) is 0 Å². The molecule has 6 heteroatoms. The van der Waals surface area contributed by atoms with Gasteiger partial charge in [-0.25, -0.2) is 9.59 Å². The zero-order valence-corrected chi connectivity index (χ0v) is 12.7. The summed E-state index contributed by atoms with van der Waals surface area (Å²) in [5.41, 5.74) is -1.02. The third-order valence-electron chi connectivity index (χ3n) is 3.41. The van der Waals surface area contributed by atoms with Gasteiger partial charge in [-0.1, -0.05) is 39.8 Å². The van der Waals surface area contributed by atoms with E-state index in [-0.39, 0.29) is 12.2 Å². The minimum absolute atomic E-state index is 0.225. The third kappa shape index (κ3) is 7.63. The number of hydrogen-bond acceptors (Lipinski definition) is 4. The van der Waals surface area contributed by atoms with Gasteiger partial charge in [-0.2, -0.15) is 0 Å². The van der Waals surface area contributed by atoms with Crippen LogP contribution in [0.25, 0.3) is 0 Å². The molecule has 0 saturated carbocycles. The van der Waals surface area contributed by atoms with Crippen molar-refractivity contribution in [3.8, 4) is 0 Å². The number of hydrogen-bond donors (Lipinski definition) is 4. The van der Waals surface area contributed by atoms with E-state index in [9.17, 15) is 19.8 Å². The van der Waals surface area contributed by atoms with Crippen molar-refractivity contribution in [3.05, 3.63) is 24.8 Å². The van der Waals surface area contributed by atoms with E-state index < -0.39 is 23.5 Å². The number of rotatable bonds is 9. The average molecular weight is 302 g/mol. The Morgan fingerprint density at radius 2 is 1.76 bits per heavy atom. The van der Waals surface area contributed by atoms with Crippen LogP contribution >= 0.6 is 0 Å². The summed E-state index contributed by atoms with van der Waals surface area (Å²) >= 11 is 0. The summed E-state index contributed by atoms with van der Waals surface area (Å²) in [6.07, 6.45) is 2.55. The second-order valence-electron chi connectivity index (χ2n) is 4.75. The topological polar surface area (TPSA) is 115 Å². The Labute approximate surface area is 125 Å². The highest BCUT2D eigenvalue weighted by molar-refractivity contribution is 5.87. The summed E-state index contributed by atoms with van der Waals surface area (Å²) < 4.78 is 0. The van der Waals surface area contributed by atoms with E-state index >= 15 is 0 Å². The summed E-state index contributed by atoms with van der Waals surface area (Å²) in [6, 6.07) is 0. The highest BCUT2D eigenvalue weighted by Crippen LogP contribution is 2.35. The molecule has 0 radical (unpaired) electrons. The Bertz CT molecular complexity index is 357. The van der Waals surface area contributed by atoms with E-state index in [0.29, 0.717) is 12.8 Å². The van der Waals surface area contributed by atoms with Crippen molar-refractivity contribution in [2.24, 2.45) is 5.41 Å². The predicted molar refractivity (Wildman–Crippen MR) is 80.0 cm³/mol. The Kier molecular flexibility index (Phi) is 11.4. The number of carboxylic acids is 2. The van der Waals surface area contributed by atoms with Gasteiger partial charge in [0, 0.05) is 11.5 Å². The smallest absolute Gasteiger partial charge is 0.333 e. The van der Waals surface area contributed by atoms with Crippen LogP contribution < -0.4 is 0 Å². The minimum atomic E-state index is -1.21. The van der Waals surface area contributed by atoms with Crippen molar-refractivity contribution in [2.45, 2.75) is 45.6 Å². The first-order valence-corrected chi connectivity index (χ1v) is 6.78. The maximum absolute atomic E-state index is 10.8. The lowest BCUT2D eigenvalue weighted by Gasteiger charge is -2.35. The van der Waals surface area contributed by atoms with E-state index in [1.807, 2.05) is 13.8 Å². The largest absolute Gasteiger partial charge is 0.478 e. The third-order valence-corrected chi connectivity index (χ3v) is 3.41. The van der Waals surface area contributed by atoms with Crippen LogP contribution in [0, 0.1) is 5.41 Å². The molecule has 2 unspecified atom stereocenters. The SMILES string of the molecule is C=C(C(=O)O)C(O)C(CC)(CO)CCCC.C=CC(=O)O. The van der Waals surface area contributed by atoms with Gasteiger partial charge in [0.15, 0.2) is 0 Å². The molecule has 0 saturated heterocycles. The highest BCUT2D eigenvalue weighted by Gasteiger charge is 2.38. The summed E-state index contributed by atoms with van der Waals surface area (Å²) in [5.74, 6) is -2.19. The second kappa shape index (κ2) is 11.0. The van der Waals surface area contributed by atoms with Crippen molar-refractivity contribution in [1.82, 2.24) is 0 Å². The molecule has 21 heavy (non-hydrogen) atoms. The standard InChI is InChI=1S/C12H22O4.C3H4O2/c1-4-6-7-12(5-2,8-13)10(14)9(3)11(15)16;1-2-3(4)5/h10,13-14H,3-8H2,1-2H3,(H,15,16);2H,1H2,(H,4,5). The van der Waals surface area contributed by atoms with Crippen LogP contribution in [0.15, 0.2) is 24.8 Å². The lowest BCUT2D eigenvalue weighted by molar-refractivity contribution is -0.135. The highest BCUT2D eigenvalue weighted by atomic mass is 16.4. The number of unbranched alkanes of at least 4 members (excludes halogenated alkanes) is 1. The van der Waals surface area contributed by atoms with E-state index in [0.717, 1.165) is 18.9 Å². The van der Waals surface area contributed by atoms with Gasteiger partial charge in [0.2, 0.25) is 0 Å². The minimum Gasteiger partial charge on any atom is -0.478 e. The van der Waals surface area contributed by atoms with Crippen LogP contribution in [0.1, 0.15) is 39.5 Å². The molecule has 0 aliphatic heterocycles. The molecule has 0 bridgehead atoms. The molecule has 0 aliphatic carbocycles. The van der Waals surface area contributed by atoms with Crippen molar-refractivity contribution in [2.75, 3.05) is 6.61 Å². The zero-order chi connectivity index (χ0) is 17.1. The fraction of sp³-hybridized carbons (Fsp3) is 0.600. The number of carbonyl (C=O) groups is 2. The summed E-state index contributed by atoms with van der Waals surface area (Å²) in [4.78, 5) is 20.0. The Hall–Kier alpha value is -1.66. The molecule has 4 N–H and O–H groups in total. The number of aliphatic hydroxyl groups is 2. The molecule has 0 aromatic carbocycles. The molecule has 0 fully saturated rings. The van der Waals surface area contributed by atoms with Gasteiger partial charge in [-0.15, -0.1) is 0 Å². The lowest BCUT2D eigenvalue weighted by Crippen LogP contribution is -2.41. The van der Waals surface area contributed by atoms with Crippen molar-refractivity contribution < 1.29 is 30.0 Å². The molecule has 0 amide bonds. The van der Waals surface area contributed by atoms with Crippen LogP contribution in [-0.4, -0.2) is 45.1 Å². The average Bonchev–Trinajstić information content (AvgIpc) is 2.48. The summed E-state index contributed by atoms with van der Waals surface area (Å²) in [5, 5.41) is 35.8. The van der Waals surface area contributed by atoms with Gasteiger partial charge >= 0.3 is 11.9 Å². The van der Waals surface area contributed by atoms with Crippen LogP contribution in [0.3, 0.4) is 0 Å². The van der Waals surface area contributed by atoms with E-state index in [2.05, 4.69) is 13.2 Å². The molecular weight excluding hydrogens is 276 g/mol. The van der Waals surface area contributed by atoms with Gasteiger partial charge in [-0.05, 0) is 12.8 Å². The lowest BCUT2D eigenvalue weighted by atomic mass is 9.73. The Morgan fingerprint density at radius 3 is 2.00 bits per heavy atom. The monoisotopic (exact) mass is 302 g/mol. The molecular formula is C15H26O6. The molecule has 6 nitrogen and oxygen atoms in total. The van der Waals surface area contributed by atoms with Crippen molar-refractivity contribution >= 4 is 11.9 Å². The number of aliphatic carboxylic acids is 2. The van der Waals surface area contributed by atoms with Crippen LogP contribution in [0.5, 0.6) is 0 Å². The number of carboxylic acid groups (broad SMARTS) is 2. The molecule has 0 spiro atoms. The Morgan fingerprint density at radius 1 is 1.29 bits per heavy atom. The second-order valence-corrected chi connectivity index (χ2v) is 4.75. The number of aliphatic hydroxyl groups excluding tert-OH is 2. The zero-order valence-electron chi connectivity index (χ0n) is 12.7. The fourth-order valence-electron chi connectivity index (χ4n) is 1.80. The summed E-state index contributed by atoms with van der Waals surface area (Å²) in [7, 11) is 0. The maximum Gasteiger partial charge on any atom is 0.333 e. The van der Waals surface area contributed by atoms with Gasteiger partial charge in [0.1, 0.15) is 0 Å². The first kappa shape index (κ1) is 21.6. The molecule has 2 atom stereocenters. The first-order valence-electron chi connectivity index (χ1n) is 6.78. The van der Waals surface area contributed by atoms with Gasteiger partial charge in [0.05, 0.1) is 18.3 Å². The molecule has 0 aliphatic rings. The van der Waals surface area contributed by atoms with Crippen LogP contribution in [0.4, 0.5) is 0 Å². The maximum atomic E-state index is 10.8. The quantitative estimate of drug-likeness (QED) is 0.483. The first-order chi connectivity index (χ1) is 9.72. The van der Waals surface area contributed by atoms with Gasteiger partial charge < -0.3 is 20.4 Å². The Balaban J connectivity index is 0. The molecule has 0 aromatic rings. The van der Waals surface area contributed by atoms with Crippen molar-refractivity contribution in [3.63, 3.8) is 0 Å². The normalized spacial score (nSPS) is 14.1. The van der Waals surface area contributed by atoms with Crippen LogP contribution in [-0.2, 0) is 9.59 Å². The molecule has 0 heterocycles. The van der Waals surface area contributed by atoms with E-state index in [1.54, 1.807) is 0 Å². The van der Waals surface area contributed by atoms with E-state index in [4.69, 9.17) is 10.2 Å². The van der Waals surface area contributed by atoms with Crippen LogP contribution in [0.2, 0.25) is 0 Å². The molecule has 122 valence electrons. The van der Waals surface area contributed by atoms with Gasteiger partial charge in [0.25, 0.3) is 0 Å². The molecule has 0 aromatic heterocycles. The molecule has 0 rings (SSSR count). The fourth-order valence-corrected chi connectivity index (χ4v) is 1.80.